The maximum atomic E-state index is 14.3. The lowest BCUT2D eigenvalue weighted by atomic mass is 10.1. The summed E-state index contributed by atoms with van der Waals surface area (Å²) in [5.41, 5.74) is 0.574. The van der Waals surface area contributed by atoms with Gasteiger partial charge in [0, 0.05) is 62.1 Å². The first-order valence-electron chi connectivity index (χ1n) is 9.65. The smallest absolute Gasteiger partial charge is 0.380 e. The van der Waals surface area contributed by atoms with Crippen LogP contribution in [0.2, 0.25) is 0 Å². The molecule has 1 aromatic heterocycles. The van der Waals surface area contributed by atoms with Gasteiger partial charge < -0.3 is 14.4 Å². The van der Waals surface area contributed by atoms with Crippen LogP contribution in [0.5, 0.6) is 0 Å². The van der Waals surface area contributed by atoms with Crippen molar-refractivity contribution in [2.75, 3.05) is 53.0 Å². The van der Waals surface area contributed by atoms with Crippen molar-refractivity contribution in [1.82, 2.24) is 9.80 Å². The summed E-state index contributed by atoms with van der Waals surface area (Å²) in [6, 6.07) is 4.79. The molecule has 0 N–H and O–H groups in total. The molecule has 0 saturated carbocycles. The number of ether oxygens (including phenoxy) is 2. The zero-order valence-electron chi connectivity index (χ0n) is 16.6. The topological polar surface area (TPSA) is 42.0 Å². The molecule has 0 aliphatic carbocycles. The first-order chi connectivity index (χ1) is 14.3. The molecule has 1 aliphatic rings. The Morgan fingerprint density at radius 1 is 1.20 bits per heavy atom. The van der Waals surface area contributed by atoms with Crippen LogP contribution in [-0.4, -0.2) is 74.9 Å². The van der Waals surface area contributed by atoms with Crippen molar-refractivity contribution < 1.29 is 31.8 Å². The van der Waals surface area contributed by atoms with Gasteiger partial charge in [0.05, 0.1) is 11.5 Å². The summed E-state index contributed by atoms with van der Waals surface area (Å²) in [4.78, 5) is 17.4. The van der Waals surface area contributed by atoms with E-state index in [0.29, 0.717) is 59.7 Å². The standard InChI is InChI=1S/C20H24F4N2O3S/c1-28-12-14-17-15(21)4-2-5-16(17)30-18(14)19(27)26-9-7-25(8-10-26)6-3-11-29-13-20(22,23)24/h2,4-5H,3,6-13H2,1H3. The number of alkyl halides is 3. The van der Waals surface area contributed by atoms with E-state index >= 15 is 0 Å². The SMILES string of the molecule is COCc1c(C(=O)N2CCN(CCCOCC(F)(F)F)CC2)sc2cccc(F)c12. The first-order valence-corrected chi connectivity index (χ1v) is 10.5. The van der Waals surface area contributed by atoms with E-state index in [1.54, 1.807) is 17.0 Å². The van der Waals surface area contributed by atoms with Crippen LogP contribution >= 0.6 is 11.3 Å². The Balaban J connectivity index is 1.56. The lowest BCUT2D eigenvalue weighted by Crippen LogP contribution is -2.49. The van der Waals surface area contributed by atoms with Crippen LogP contribution in [0.3, 0.4) is 0 Å². The van der Waals surface area contributed by atoms with E-state index in [-0.39, 0.29) is 24.9 Å². The third-order valence-corrected chi connectivity index (χ3v) is 6.12. The molecular weight excluding hydrogens is 424 g/mol. The van der Waals surface area contributed by atoms with E-state index in [1.807, 2.05) is 0 Å². The monoisotopic (exact) mass is 448 g/mol. The zero-order valence-corrected chi connectivity index (χ0v) is 17.5. The fourth-order valence-electron chi connectivity index (χ4n) is 3.52. The molecule has 0 radical (unpaired) electrons. The van der Waals surface area contributed by atoms with Crippen LogP contribution in [0.25, 0.3) is 10.1 Å². The lowest BCUT2D eigenvalue weighted by Gasteiger charge is -2.34. The van der Waals surface area contributed by atoms with Crippen molar-refractivity contribution in [3.63, 3.8) is 0 Å². The number of nitrogens with zero attached hydrogens (tertiary/aromatic N) is 2. The Hall–Kier alpha value is -1.75. The number of halogens is 4. The number of carbonyl (C=O) groups excluding carboxylic acids is 1. The molecule has 1 aliphatic heterocycles. The predicted octanol–water partition coefficient (Wildman–Crippen LogP) is 3.91. The molecule has 30 heavy (non-hydrogen) atoms. The highest BCUT2D eigenvalue weighted by molar-refractivity contribution is 7.21. The fraction of sp³-hybridized carbons (Fsp3) is 0.550. The Morgan fingerprint density at radius 2 is 1.93 bits per heavy atom. The second kappa shape index (κ2) is 10.0. The second-order valence-corrected chi connectivity index (χ2v) is 8.16. The van der Waals surface area contributed by atoms with Crippen molar-refractivity contribution in [2.24, 2.45) is 0 Å². The van der Waals surface area contributed by atoms with Crippen LogP contribution in [0, 0.1) is 5.82 Å². The molecule has 2 heterocycles. The van der Waals surface area contributed by atoms with Crippen LogP contribution in [-0.2, 0) is 16.1 Å². The number of benzene rings is 1. The molecule has 1 aromatic carbocycles. The average Bonchev–Trinajstić information content (AvgIpc) is 3.07. The summed E-state index contributed by atoms with van der Waals surface area (Å²) in [5.74, 6) is -0.511. The molecule has 0 unspecified atom stereocenters. The maximum Gasteiger partial charge on any atom is 0.411 e. The molecule has 1 saturated heterocycles. The van der Waals surface area contributed by atoms with E-state index < -0.39 is 12.8 Å². The molecule has 166 valence electrons. The third-order valence-electron chi connectivity index (χ3n) is 4.93. The van der Waals surface area contributed by atoms with Crippen LogP contribution in [0.15, 0.2) is 18.2 Å². The van der Waals surface area contributed by atoms with Crippen molar-refractivity contribution in [3.8, 4) is 0 Å². The Kier molecular flexibility index (Phi) is 7.67. The Bertz CT molecular complexity index is 864. The van der Waals surface area contributed by atoms with Crippen LogP contribution in [0.1, 0.15) is 21.7 Å². The summed E-state index contributed by atoms with van der Waals surface area (Å²) < 4.78 is 61.1. The summed E-state index contributed by atoms with van der Waals surface area (Å²) in [6.45, 7) is 1.86. The van der Waals surface area contributed by atoms with Gasteiger partial charge in [0.25, 0.3) is 5.91 Å². The number of thiophene rings is 1. The average molecular weight is 448 g/mol. The van der Waals surface area contributed by atoms with E-state index in [2.05, 4.69) is 9.64 Å². The minimum Gasteiger partial charge on any atom is -0.380 e. The van der Waals surface area contributed by atoms with Crippen molar-refractivity contribution in [1.29, 1.82) is 0 Å². The Labute approximate surface area is 176 Å². The van der Waals surface area contributed by atoms with E-state index in [9.17, 15) is 22.4 Å². The summed E-state index contributed by atoms with van der Waals surface area (Å²) in [5, 5.41) is 0.435. The highest BCUT2D eigenvalue weighted by Gasteiger charge is 2.28. The molecule has 0 atom stereocenters. The van der Waals surface area contributed by atoms with Crippen LogP contribution in [0.4, 0.5) is 17.6 Å². The fourth-order valence-corrected chi connectivity index (χ4v) is 4.71. The molecular formula is C20H24F4N2O3S. The molecule has 0 spiro atoms. The van der Waals surface area contributed by atoms with Gasteiger partial charge in [-0.05, 0) is 18.6 Å². The van der Waals surface area contributed by atoms with Crippen molar-refractivity contribution >= 4 is 27.3 Å². The molecule has 0 bridgehead atoms. The third kappa shape index (κ3) is 5.69. The van der Waals surface area contributed by atoms with Gasteiger partial charge in [0.2, 0.25) is 0 Å². The zero-order chi connectivity index (χ0) is 21.7. The van der Waals surface area contributed by atoms with Gasteiger partial charge in [0.1, 0.15) is 12.4 Å². The van der Waals surface area contributed by atoms with Gasteiger partial charge >= 0.3 is 6.18 Å². The van der Waals surface area contributed by atoms with Gasteiger partial charge in [-0.3, -0.25) is 9.69 Å². The Morgan fingerprint density at radius 3 is 2.60 bits per heavy atom. The van der Waals surface area contributed by atoms with Crippen molar-refractivity contribution in [2.45, 2.75) is 19.2 Å². The summed E-state index contributed by atoms with van der Waals surface area (Å²) in [6.07, 6.45) is -3.80. The molecule has 1 amide bonds. The molecule has 3 rings (SSSR count). The van der Waals surface area contributed by atoms with Gasteiger partial charge in [0.15, 0.2) is 0 Å². The minimum absolute atomic E-state index is 0.0480. The lowest BCUT2D eigenvalue weighted by molar-refractivity contribution is -0.174. The molecule has 5 nitrogen and oxygen atoms in total. The summed E-state index contributed by atoms with van der Waals surface area (Å²) >= 11 is 1.27. The maximum absolute atomic E-state index is 14.3. The van der Waals surface area contributed by atoms with Gasteiger partial charge in [-0.15, -0.1) is 11.3 Å². The first kappa shape index (κ1) is 22.9. The molecule has 1 fully saturated rings. The number of hydrogen-bond acceptors (Lipinski definition) is 5. The normalized spacial score (nSPS) is 15.8. The van der Waals surface area contributed by atoms with E-state index in [4.69, 9.17) is 4.74 Å². The highest BCUT2D eigenvalue weighted by atomic mass is 32.1. The van der Waals surface area contributed by atoms with Gasteiger partial charge in [-0.2, -0.15) is 13.2 Å². The predicted molar refractivity (Wildman–Crippen MR) is 106 cm³/mol. The number of rotatable bonds is 8. The highest BCUT2D eigenvalue weighted by Crippen LogP contribution is 2.34. The number of fused-ring (bicyclic) bond motifs is 1. The van der Waals surface area contributed by atoms with E-state index in [1.165, 1.54) is 24.5 Å². The number of methoxy groups -OCH3 is 1. The minimum atomic E-state index is -4.30. The van der Waals surface area contributed by atoms with Crippen LogP contribution < -0.4 is 0 Å². The quantitative estimate of drug-likeness (QED) is 0.454. The number of hydrogen-bond donors (Lipinski definition) is 0. The number of piperazine rings is 1. The number of amides is 1. The summed E-state index contributed by atoms with van der Waals surface area (Å²) in [7, 11) is 1.51. The number of carbonyl (C=O) groups is 1. The van der Waals surface area contributed by atoms with Gasteiger partial charge in [-0.1, -0.05) is 6.07 Å². The van der Waals surface area contributed by atoms with Crippen molar-refractivity contribution in [3.05, 3.63) is 34.5 Å². The molecule has 2 aromatic rings. The molecule has 10 heteroatoms. The second-order valence-electron chi connectivity index (χ2n) is 7.11. The van der Waals surface area contributed by atoms with E-state index in [0.717, 1.165) is 0 Å². The van der Waals surface area contributed by atoms with Gasteiger partial charge in [-0.25, -0.2) is 4.39 Å². The largest absolute Gasteiger partial charge is 0.411 e.